The standard InChI is InChI=1S/C23H24O5/c1-4-27-21(25)23(22(26)28-5-2)18-9-7-6-8-17(18)20(24)14-19(23)16-12-10-15(3)11-13-16/h6-13,19H,4-5,14H2,1-3H3. The molecule has 1 atom stereocenters. The fourth-order valence-electron chi connectivity index (χ4n) is 3.95. The van der Waals surface area contributed by atoms with Gasteiger partial charge < -0.3 is 9.47 Å². The van der Waals surface area contributed by atoms with Crippen molar-refractivity contribution in [1.29, 1.82) is 0 Å². The van der Waals surface area contributed by atoms with Gasteiger partial charge in [-0.2, -0.15) is 0 Å². The van der Waals surface area contributed by atoms with Crippen LogP contribution in [0, 0.1) is 6.92 Å². The Morgan fingerprint density at radius 2 is 1.54 bits per heavy atom. The van der Waals surface area contributed by atoms with E-state index in [2.05, 4.69) is 0 Å². The number of hydrogen-bond donors (Lipinski definition) is 0. The minimum Gasteiger partial charge on any atom is -0.465 e. The molecule has 146 valence electrons. The van der Waals surface area contributed by atoms with Crippen LogP contribution in [-0.2, 0) is 24.5 Å². The maximum Gasteiger partial charge on any atom is 0.328 e. The van der Waals surface area contributed by atoms with Crippen molar-refractivity contribution in [2.24, 2.45) is 0 Å². The highest BCUT2D eigenvalue weighted by Crippen LogP contribution is 2.49. The Bertz CT molecular complexity index is 879. The first-order valence-electron chi connectivity index (χ1n) is 9.50. The number of hydrogen-bond acceptors (Lipinski definition) is 5. The number of carbonyl (C=O) groups excluding carboxylic acids is 3. The smallest absolute Gasteiger partial charge is 0.328 e. The molecule has 0 spiro atoms. The van der Waals surface area contributed by atoms with Crippen LogP contribution in [0.5, 0.6) is 0 Å². The fourth-order valence-corrected chi connectivity index (χ4v) is 3.95. The van der Waals surface area contributed by atoms with Crippen LogP contribution < -0.4 is 0 Å². The van der Waals surface area contributed by atoms with Crippen LogP contribution in [0.25, 0.3) is 0 Å². The van der Waals surface area contributed by atoms with Crippen LogP contribution in [0.1, 0.15) is 53.2 Å². The molecule has 0 aliphatic heterocycles. The van der Waals surface area contributed by atoms with Gasteiger partial charge in [0.2, 0.25) is 0 Å². The van der Waals surface area contributed by atoms with E-state index < -0.39 is 23.3 Å². The van der Waals surface area contributed by atoms with Gasteiger partial charge >= 0.3 is 11.9 Å². The summed E-state index contributed by atoms with van der Waals surface area (Å²) in [6.45, 7) is 5.58. The molecule has 0 heterocycles. The zero-order valence-electron chi connectivity index (χ0n) is 16.4. The van der Waals surface area contributed by atoms with Crippen LogP contribution in [0.3, 0.4) is 0 Å². The van der Waals surface area contributed by atoms with Gasteiger partial charge in [-0.15, -0.1) is 0 Å². The molecular weight excluding hydrogens is 356 g/mol. The molecule has 0 radical (unpaired) electrons. The Morgan fingerprint density at radius 3 is 2.11 bits per heavy atom. The molecule has 5 heteroatoms. The predicted molar refractivity (Wildman–Crippen MR) is 104 cm³/mol. The SMILES string of the molecule is CCOC(=O)C1(C(=O)OCC)c2ccccc2C(=O)CC1c1ccc(C)cc1. The molecule has 0 bridgehead atoms. The first-order valence-corrected chi connectivity index (χ1v) is 9.50. The molecular formula is C23H24O5. The number of aryl methyl sites for hydroxylation is 1. The summed E-state index contributed by atoms with van der Waals surface area (Å²) in [5, 5.41) is 0. The third-order valence-corrected chi connectivity index (χ3v) is 5.24. The lowest BCUT2D eigenvalue weighted by atomic mass is 9.60. The third kappa shape index (κ3) is 3.11. The zero-order chi connectivity index (χ0) is 20.3. The van der Waals surface area contributed by atoms with Crippen molar-refractivity contribution in [2.45, 2.75) is 38.5 Å². The van der Waals surface area contributed by atoms with Crippen molar-refractivity contribution >= 4 is 17.7 Å². The highest BCUT2D eigenvalue weighted by atomic mass is 16.6. The van der Waals surface area contributed by atoms with Crippen molar-refractivity contribution < 1.29 is 23.9 Å². The van der Waals surface area contributed by atoms with Crippen LogP contribution in [0.4, 0.5) is 0 Å². The first-order chi connectivity index (χ1) is 13.5. The number of benzene rings is 2. The van der Waals surface area contributed by atoms with Crippen LogP contribution in [-0.4, -0.2) is 30.9 Å². The lowest BCUT2D eigenvalue weighted by Crippen LogP contribution is -2.54. The first kappa shape index (κ1) is 19.8. The molecule has 1 aliphatic rings. The summed E-state index contributed by atoms with van der Waals surface area (Å²) >= 11 is 0. The molecule has 2 aromatic rings. The lowest BCUT2D eigenvalue weighted by molar-refractivity contribution is -0.166. The molecule has 1 aliphatic carbocycles. The van der Waals surface area contributed by atoms with Crippen molar-refractivity contribution in [3.63, 3.8) is 0 Å². The number of rotatable bonds is 5. The topological polar surface area (TPSA) is 69.7 Å². The van der Waals surface area contributed by atoms with Gasteiger partial charge in [-0.25, -0.2) is 0 Å². The van der Waals surface area contributed by atoms with Gasteiger partial charge in [-0.3, -0.25) is 14.4 Å². The minimum absolute atomic E-state index is 0.0255. The number of Topliss-reactive ketones (excluding diaryl/α,β-unsaturated/α-hetero) is 1. The zero-order valence-corrected chi connectivity index (χ0v) is 16.4. The van der Waals surface area contributed by atoms with Gasteiger partial charge in [-0.1, -0.05) is 54.1 Å². The number of esters is 2. The molecule has 0 saturated carbocycles. The number of ketones is 1. The molecule has 5 nitrogen and oxygen atoms in total. The van der Waals surface area contributed by atoms with Gasteiger partial charge in [0.1, 0.15) is 0 Å². The predicted octanol–water partition coefficient (Wildman–Crippen LogP) is 3.73. The third-order valence-electron chi connectivity index (χ3n) is 5.24. The van der Waals surface area contributed by atoms with Crippen molar-refractivity contribution in [3.05, 3.63) is 70.8 Å². The van der Waals surface area contributed by atoms with E-state index in [1.165, 1.54) is 0 Å². The maximum absolute atomic E-state index is 13.3. The average Bonchev–Trinajstić information content (AvgIpc) is 2.69. The quantitative estimate of drug-likeness (QED) is 0.584. The molecule has 1 unspecified atom stereocenters. The molecule has 0 fully saturated rings. The van der Waals surface area contributed by atoms with E-state index >= 15 is 0 Å². The van der Waals surface area contributed by atoms with E-state index in [-0.39, 0.29) is 25.4 Å². The highest BCUT2D eigenvalue weighted by molar-refractivity contribution is 6.14. The molecule has 2 aromatic carbocycles. The molecule has 3 rings (SSSR count). The lowest BCUT2D eigenvalue weighted by Gasteiger charge is -2.40. The molecule has 0 amide bonds. The van der Waals surface area contributed by atoms with Crippen molar-refractivity contribution in [3.8, 4) is 0 Å². The molecule has 0 saturated heterocycles. The Kier molecular flexibility index (Phi) is 5.63. The second-order valence-electron chi connectivity index (χ2n) is 6.89. The van der Waals surface area contributed by atoms with Gasteiger partial charge in [0, 0.05) is 17.9 Å². The van der Waals surface area contributed by atoms with Crippen LogP contribution >= 0.6 is 0 Å². The largest absolute Gasteiger partial charge is 0.465 e. The summed E-state index contributed by atoms with van der Waals surface area (Å²) in [5.41, 5.74) is 0.783. The normalized spacial score (nSPS) is 17.5. The Labute approximate surface area is 164 Å². The van der Waals surface area contributed by atoms with Crippen molar-refractivity contribution in [1.82, 2.24) is 0 Å². The number of ether oxygens (including phenoxy) is 2. The van der Waals surface area contributed by atoms with Crippen LogP contribution in [0.15, 0.2) is 48.5 Å². The van der Waals surface area contributed by atoms with E-state index in [0.29, 0.717) is 11.1 Å². The summed E-state index contributed by atoms with van der Waals surface area (Å²) in [4.78, 5) is 39.5. The van der Waals surface area contributed by atoms with E-state index in [1.54, 1.807) is 38.1 Å². The number of carbonyl (C=O) groups is 3. The van der Waals surface area contributed by atoms with E-state index in [9.17, 15) is 14.4 Å². The Hall–Kier alpha value is -2.95. The summed E-state index contributed by atoms with van der Waals surface area (Å²) in [6.07, 6.45) is 0.0255. The number of fused-ring (bicyclic) bond motifs is 1. The fraction of sp³-hybridized carbons (Fsp3) is 0.348. The molecule has 0 N–H and O–H groups in total. The monoisotopic (exact) mass is 380 g/mol. The van der Waals surface area contributed by atoms with Gasteiger partial charge in [0.25, 0.3) is 0 Å². The molecule has 0 aromatic heterocycles. The van der Waals surface area contributed by atoms with Crippen LogP contribution in [0.2, 0.25) is 0 Å². The average molecular weight is 380 g/mol. The molecule has 28 heavy (non-hydrogen) atoms. The maximum atomic E-state index is 13.3. The van der Waals surface area contributed by atoms with Gasteiger partial charge in [-0.05, 0) is 31.9 Å². The Morgan fingerprint density at radius 1 is 0.964 bits per heavy atom. The second-order valence-corrected chi connectivity index (χ2v) is 6.89. The summed E-state index contributed by atoms with van der Waals surface area (Å²) < 4.78 is 10.7. The second kappa shape index (κ2) is 7.97. The summed E-state index contributed by atoms with van der Waals surface area (Å²) in [5.74, 6) is -2.17. The van der Waals surface area contributed by atoms with E-state index in [1.807, 2.05) is 31.2 Å². The Balaban J connectivity index is 2.32. The van der Waals surface area contributed by atoms with E-state index in [0.717, 1.165) is 11.1 Å². The highest BCUT2D eigenvalue weighted by Gasteiger charge is 2.60. The van der Waals surface area contributed by atoms with Gasteiger partial charge in [0.05, 0.1) is 13.2 Å². The van der Waals surface area contributed by atoms with E-state index in [4.69, 9.17) is 9.47 Å². The minimum atomic E-state index is -1.72. The summed E-state index contributed by atoms with van der Waals surface area (Å²) in [7, 11) is 0. The van der Waals surface area contributed by atoms with Crippen molar-refractivity contribution in [2.75, 3.05) is 13.2 Å². The summed E-state index contributed by atoms with van der Waals surface area (Å²) in [6, 6.07) is 14.3. The van der Waals surface area contributed by atoms with Gasteiger partial charge in [0.15, 0.2) is 11.2 Å².